The van der Waals surface area contributed by atoms with E-state index < -0.39 is 0 Å². The Bertz CT molecular complexity index is 1190. The molecule has 0 amide bonds. The van der Waals surface area contributed by atoms with E-state index in [2.05, 4.69) is 9.98 Å². The molecule has 30 heavy (non-hydrogen) atoms. The van der Waals surface area contributed by atoms with Gasteiger partial charge in [-0.2, -0.15) is 0 Å². The van der Waals surface area contributed by atoms with Gasteiger partial charge in [0.2, 0.25) is 0 Å². The Morgan fingerprint density at radius 3 is 1.30 bits per heavy atom. The van der Waals surface area contributed by atoms with Gasteiger partial charge in [0.25, 0.3) is 0 Å². The van der Waals surface area contributed by atoms with Gasteiger partial charge in [0.1, 0.15) is 11.5 Å². The quantitative estimate of drug-likeness (QED) is 0.335. The lowest BCUT2D eigenvalue weighted by Crippen LogP contribution is -2.02. The van der Waals surface area contributed by atoms with Crippen molar-refractivity contribution in [2.24, 2.45) is 9.98 Å². The fourth-order valence-corrected chi connectivity index (χ4v) is 3.64. The van der Waals surface area contributed by atoms with E-state index in [0.717, 1.165) is 44.1 Å². The molecule has 0 atom stereocenters. The molecule has 0 radical (unpaired) electrons. The van der Waals surface area contributed by atoms with Gasteiger partial charge in [-0.1, -0.05) is 48.5 Å². The molecule has 0 heterocycles. The number of aliphatic imine (C=N–C) groups is 2. The first-order valence-corrected chi connectivity index (χ1v) is 9.99. The van der Waals surface area contributed by atoms with Gasteiger partial charge in [0, 0.05) is 22.6 Å². The molecule has 2 N–H and O–H groups in total. The van der Waals surface area contributed by atoms with Crippen LogP contribution in [-0.4, -0.2) is 34.7 Å². The van der Waals surface area contributed by atoms with Crippen LogP contribution in [0.5, 0.6) is 11.5 Å². The summed E-state index contributed by atoms with van der Waals surface area (Å²) in [4.78, 5) is 9.17. The molecule has 0 bridgehead atoms. The minimum atomic E-state index is 0.232. The molecule has 4 rings (SSSR count). The number of rotatable bonds is 5. The van der Waals surface area contributed by atoms with Gasteiger partial charge in [-0.25, -0.2) is 0 Å². The minimum absolute atomic E-state index is 0.232. The predicted molar refractivity (Wildman–Crippen MR) is 125 cm³/mol. The van der Waals surface area contributed by atoms with E-state index in [4.69, 9.17) is 0 Å². The smallest absolute Gasteiger partial charge is 0.125 e. The molecule has 0 aliphatic carbocycles. The first kappa shape index (κ1) is 19.6. The summed E-state index contributed by atoms with van der Waals surface area (Å²) in [5.41, 5.74) is 3.03. The van der Waals surface area contributed by atoms with Crippen molar-refractivity contribution in [2.45, 2.75) is 13.8 Å². The lowest BCUT2D eigenvalue weighted by Gasteiger charge is -2.08. The second-order valence-electron chi connectivity index (χ2n) is 7.37. The molecule has 150 valence electrons. The highest BCUT2D eigenvalue weighted by Crippen LogP contribution is 2.26. The van der Waals surface area contributed by atoms with Crippen LogP contribution in [0.3, 0.4) is 0 Å². The van der Waals surface area contributed by atoms with Crippen LogP contribution in [0.15, 0.2) is 82.8 Å². The van der Waals surface area contributed by atoms with Crippen LogP contribution in [0.1, 0.15) is 25.0 Å². The Hall–Kier alpha value is -3.66. The third kappa shape index (κ3) is 4.03. The van der Waals surface area contributed by atoms with Crippen LogP contribution in [0.25, 0.3) is 21.5 Å². The summed E-state index contributed by atoms with van der Waals surface area (Å²) in [6.45, 7) is 4.80. The highest BCUT2D eigenvalue weighted by Gasteiger charge is 2.08. The van der Waals surface area contributed by atoms with E-state index >= 15 is 0 Å². The normalized spacial score (nSPS) is 12.6. The summed E-state index contributed by atoms with van der Waals surface area (Å²) < 4.78 is 0. The highest BCUT2D eigenvalue weighted by molar-refractivity contribution is 6.05. The molecule has 4 aromatic rings. The van der Waals surface area contributed by atoms with E-state index in [1.54, 1.807) is 12.1 Å². The Kier molecular flexibility index (Phi) is 5.48. The maximum atomic E-state index is 10.4. The summed E-state index contributed by atoms with van der Waals surface area (Å²) in [6.07, 6.45) is 0. The standard InChI is InChI=1S/C26H24N2O2/c1-17(23-13-19-7-3-5-9-21(19)15-25(23)29)27-11-12-28-18(2)24-14-20-8-4-6-10-22(20)16-26(24)30/h3-10,13-16,29-30H,11-12H2,1-2H3. The zero-order chi connectivity index (χ0) is 21.1. The van der Waals surface area contributed by atoms with E-state index in [9.17, 15) is 10.2 Å². The largest absolute Gasteiger partial charge is 0.507 e. The van der Waals surface area contributed by atoms with Crippen LogP contribution >= 0.6 is 0 Å². The Morgan fingerprint density at radius 1 is 0.600 bits per heavy atom. The van der Waals surface area contributed by atoms with Gasteiger partial charge in [-0.15, -0.1) is 0 Å². The average molecular weight is 396 g/mol. The minimum Gasteiger partial charge on any atom is -0.507 e. The Balaban J connectivity index is 1.50. The fourth-order valence-electron chi connectivity index (χ4n) is 3.64. The van der Waals surface area contributed by atoms with Crippen LogP contribution in [0.2, 0.25) is 0 Å². The van der Waals surface area contributed by atoms with Crippen molar-refractivity contribution < 1.29 is 10.2 Å². The fraction of sp³-hybridized carbons (Fsp3) is 0.154. The maximum Gasteiger partial charge on any atom is 0.125 e. The van der Waals surface area contributed by atoms with Crippen LogP contribution in [-0.2, 0) is 0 Å². The molecule has 0 saturated carbocycles. The number of phenolic OH excluding ortho intramolecular Hbond substituents is 2. The second-order valence-corrected chi connectivity index (χ2v) is 7.37. The molecular weight excluding hydrogens is 372 g/mol. The second kappa shape index (κ2) is 8.37. The number of aromatic hydroxyl groups is 2. The van der Waals surface area contributed by atoms with Crippen molar-refractivity contribution in [3.63, 3.8) is 0 Å². The number of fused-ring (bicyclic) bond motifs is 2. The van der Waals surface area contributed by atoms with Gasteiger partial charge in [-0.3, -0.25) is 9.98 Å². The molecule has 0 aliphatic rings. The molecule has 4 heteroatoms. The van der Waals surface area contributed by atoms with Crippen molar-refractivity contribution in [3.8, 4) is 11.5 Å². The number of phenols is 2. The molecule has 0 spiro atoms. The molecule has 0 unspecified atom stereocenters. The van der Waals surface area contributed by atoms with Crippen LogP contribution in [0, 0.1) is 0 Å². The van der Waals surface area contributed by atoms with Crippen LogP contribution in [0.4, 0.5) is 0 Å². The van der Waals surface area contributed by atoms with E-state index in [1.165, 1.54) is 0 Å². The van der Waals surface area contributed by atoms with Gasteiger partial charge >= 0.3 is 0 Å². The SMILES string of the molecule is CC(=NCCN=C(C)c1cc2ccccc2cc1O)c1cc2ccccc2cc1O. The third-order valence-electron chi connectivity index (χ3n) is 5.31. The third-order valence-corrected chi connectivity index (χ3v) is 5.31. The molecule has 0 aliphatic heterocycles. The predicted octanol–water partition coefficient (Wildman–Crippen LogP) is 5.72. The summed E-state index contributed by atoms with van der Waals surface area (Å²) in [5, 5.41) is 24.9. The summed E-state index contributed by atoms with van der Waals surface area (Å²) in [5.74, 6) is 0.464. The van der Waals surface area contributed by atoms with E-state index in [0.29, 0.717) is 13.1 Å². The molecule has 0 aromatic heterocycles. The monoisotopic (exact) mass is 396 g/mol. The van der Waals surface area contributed by atoms with Crippen molar-refractivity contribution >= 4 is 33.0 Å². The van der Waals surface area contributed by atoms with Gasteiger partial charge in [0.05, 0.1) is 13.1 Å². The lowest BCUT2D eigenvalue weighted by molar-refractivity contribution is 0.474. The zero-order valence-electron chi connectivity index (χ0n) is 17.1. The van der Waals surface area contributed by atoms with Gasteiger partial charge < -0.3 is 10.2 Å². The van der Waals surface area contributed by atoms with E-state index in [-0.39, 0.29) is 11.5 Å². The molecule has 0 fully saturated rings. The summed E-state index contributed by atoms with van der Waals surface area (Å²) in [6, 6.07) is 23.3. The van der Waals surface area contributed by atoms with Crippen molar-refractivity contribution in [1.29, 1.82) is 0 Å². The molecular formula is C26H24N2O2. The first-order valence-electron chi connectivity index (χ1n) is 9.99. The van der Waals surface area contributed by atoms with Gasteiger partial charge in [-0.05, 0) is 59.7 Å². The molecule has 4 nitrogen and oxygen atoms in total. The van der Waals surface area contributed by atoms with Crippen molar-refractivity contribution in [3.05, 3.63) is 83.9 Å². The van der Waals surface area contributed by atoms with Crippen LogP contribution < -0.4 is 0 Å². The molecule has 0 saturated heterocycles. The Labute approximate surface area is 175 Å². The summed E-state index contributed by atoms with van der Waals surface area (Å²) >= 11 is 0. The number of nitrogens with zero attached hydrogens (tertiary/aromatic N) is 2. The van der Waals surface area contributed by atoms with Crippen molar-refractivity contribution in [1.82, 2.24) is 0 Å². The lowest BCUT2D eigenvalue weighted by atomic mass is 10.0. The van der Waals surface area contributed by atoms with Crippen molar-refractivity contribution in [2.75, 3.05) is 13.1 Å². The number of benzene rings is 4. The average Bonchev–Trinajstić information content (AvgIpc) is 2.75. The maximum absolute atomic E-state index is 10.4. The highest BCUT2D eigenvalue weighted by atomic mass is 16.3. The Morgan fingerprint density at radius 2 is 0.933 bits per heavy atom. The number of hydrogen-bond acceptors (Lipinski definition) is 4. The zero-order valence-corrected chi connectivity index (χ0v) is 17.1. The topological polar surface area (TPSA) is 65.2 Å². The molecule has 4 aromatic carbocycles. The number of hydrogen-bond donors (Lipinski definition) is 2. The van der Waals surface area contributed by atoms with E-state index in [1.807, 2.05) is 74.5 Å². The van der Waals surface area contributed by atoms with Gasteiger partial charge in [0.15, 0.2) is 0 Å². The first-order chi connectivity index (χ1) is 14.5. The summed E-state index contributed by atoms with van der Waals surface area (Å²) in [7, 11) is 0.